The van der Waals surface area contributed by atoms with Gasteiger partial charge in [-0.05, 0) is 72.8 Å². The van der Waals surface area contributed by atoms with Crippen molar-refractivity contribution >= 4 is 15.9 Å². The first-order valence-electron chi connectivity index (χ1n) is 6.92. The van der Waals surface area contributed by atoms with Crippen LogP contribution >= 0.6 is 15.9 Å². The SMILES string of the molecule is CNC(Cc1ccc(F)c(Br)c1)CC1CCCCO1. The molecule has 2 nitrogen and oxygen atoms in total. The third-order valence-corrected chi connectivity index (χ3v) is 4.30. The minimum atomic E-state index is -0.208. The van der Waals surface area contributed by atoms with Crippen molar-refractivity contribution in [2.45, 2.75) is 44.2 Å². The van der Waals surface area contributed by atoms with E-state index in [9.17, 15) is 4.39 Å². The lowest BCUT2D eigenvalue weighted by atomic mass is 9.97. The lowest BCUT2D eigenvalue weighted by molar-refractivity contribution is 0.00568. The second kappa shape index (κ2) is 7.36. The Kier molecular flexibility index (Phi) is 5.79. The van der Waals surface area contributed by atoms with Gasteiger partial charge in [-0.2, -0.15) is 0 Å². The minimum Gasteiger partial charge on any atom is -0.378 e. The van der Waals surface area contributed by atoms with E-state index in [0.29, 0.717) is 16.6 Å². The maximum absolute atomic E-state index is 13.2. The van der Waals surface area contributed by atoms with Crippen LogP contribution in [0.4, 0.5) is 4.39 Å². The summed E-state index contributed by atoms with van der Waals surface area (Å²) in [5.74, 6) is -0.208. The first-order valence-corrected chi connectivity index (χ1v) is 7.71. The van der Waals surface area contributed by atoms with Crippen LogP contribution < -0.4 is 5.32 Å². The van der Waals surface area contributed by atoms with Crippen molar-refractivity contribution in [3.63, 3.8) is 0 Å². The molecule has 0 amide bonds. The summed E-state index contributed by atoms with van der Waals surface area (Å²) in [5.41, 5.74) is 1.14. The molecule has 0 aliphatic carbocycles. The number of halogens is 2. The Labute approximate surface area is 122 Å². The minimum absolute atomic E-state index is 0.208. The molecular weight excluding hydrogens is 309 g/mol. The molecule has 2 atom stereocenters. The Morgan fingerprint density at radius 2 is 2.32 bits per heavy atom. The van der Waals surface area contributed by atoms with Gasteiger partial charge in [0, 0.05) is 12.6 Å². The Morgan fingerprint density at radius 1 is 1.47 bits per heavy atom. The highest BCUT2D eigenvalue weighted by atomic mass is 79.9. The zero-order chi connectivity index (χ0) is 13.7. The van der Waals surface area contributed by atoms with Crippen LogP contribution in [0, 0.1) is 5.82 Å². The monoisotopic (exact) mass is 329 g/mol. The second-order valence-corrected chi connectivity index (χ2v) is 6.02. The summed E-state index contributed by atoms with van der Waals surface area (Å²) < 4.78 is 19.5. The molecular formula is C15H21BrFNO. The van der Waals surface area contributed by atoms with Gasteiger partial charge in [0.05, 0.1) is 10.6 Å². The highest BCUT2D eigenvalue weighted by Crippen LogP contribution is 2.21. The topological polar surface area (TPSA) is 21.3 Å². The Morgan fingerprint density at radius 3 is 2.95 bits per heavy atom. The predicted octanol–water partition coefficient (Wildman–Crippen LogP) is 3.68. The van der Waals surface area contributed by atoms with E-state index < -0.39 is 0 Å². The molecule has 1 aliphatic rings. The van der Waals surface area contributed by atoms with Gasteiger partial charge in [0.15, 0.2) is 0 Å². The van der Waals surface area contributed by atoms with E-state index in [4.69, 9.17) is 4.74 Å². The highest BCUT2D eigenvalue weighted by Gasteiger charge is 2.19. The van der Waals surface area contributed by atoms with Crippen molar-refractivity contribution in [1.29, 1.82) is 0 Å². The van der Waals surface area contributed by atoms with Gasteiger partial charge in [-0.15, -0.1) is 0 Å². The standard InChI is InChI=1S/C15H21BrFNO/c1-18-12(10-13-4-2-3-7-19-13)8-11-5-6-15(17)14(16)9-11/h5-6,9,12-13,18H,2-4,7-8,10H2,1H3. The van der Waals surface area contributed by atoms with Crippen molar-refractivity contribution in [1.82, 2.24) is 5.32 Å². The van der Waals surface area contributed by atoms with E-state index in [-0.39, 0.29) is 5.82 Å². The Bertz CT molecular complexity index is 407. The third kappa shape index (κ3) is 4.55. The lowest BCUT2D eigenvalue weighted by Gasteiger charge is -2.27. The van der Waals surface area contributed by atoms with Gasteiger partial charge in [-0.3, -0.25) is 0 Å². The van der Waals surface area contributed by atoms with Gasteiger partial charge < -0.3 is 10.1 Å². The summed E-state index contributed by atoms with van der Waals surface area (Å²) in [7, 11) is 1.98. The maximum Gasteiger partial charge on any atom is 0.137 e. The van der Waals surface area contributed by atoms with Crippen molar-refractivity contribution in [2.24, 2.45) is 0 Å². The van der Waals surface area contributed by atoms with Crippen molar-refractivity contribution in [3.8, 4) is 0 Å². The third-order valence-electron chi connectivity index (χ3n) is 3.70. The number of hydrogen-bond donors (Lipinski definition) is 1. The zero-order valence-corrected chi connectivity index (χ0v) is 12.9. The Hall–Kier alpha value is -0.450. The fourth-order valence-corrected chi connectivity index (χ4v) is 2.99. The van der Waals surface area contributed by atoms with Gasteiger partial charge in [-0.25, -0.2) is 4.39 Å². The molecule has 19 heavy (non-hydrogen) atoms. The molecule has 1 aliphatic heterocycles. The fraction of sp³-hybridized carbons (Fsp3) is 0.600. The van der Waals surface area contributed by atoms with Crippen molar-refractivity contribution in [3.05, 3.63) is 34.1 Å². The number of benzene rings is 1. The average Bonchev–Trinajstić information content (AvgIpc) is 2.43. The lowest BCUT2D eigenvalue weighted by Crippen LogP contribution is -2.34. The van der Waals surface area contributed by atoms with E-state index in [0.717, 1.165) is 31.4 Å². The fourth-order valence-electron chi connectivity index (χ4n) is 2.57. The van der Waals surface area contributed by atoms with Crippen LogP contribution in [0.3, 0.4) is 0 Å². The first-order chi connectivity index (χ1) is 9.19. The molecule has 1 aromatic carbocycles. The van der Waals surface area contributed by atoms with Crippen LogP contribution in [0.25, 0.3) is 0 Å². The van der Waals surface area contributed by atoms with Gasteiger partial charge in [0.1, 0.15) is 5.82 Å². The van der Waals surface area contributed by atoms with Crippen LogP contribution in [-0.4, -0.2) is 25.8 Å². The molecule has 0 aromatic heterocycles. The van der Waals surface area contributed by atoms with E-state index in [1.165, 1.54) is 18.9 Å². The molecule has 1 aromatic rings. The average molecular weight is 330 g/mol. The maximum atomic E-state index is 13.2. The predicted molar refractivity (Wildman–Crippen MR) is 78.9 cm³/mol. The van der Waals surface area contributed by atoms with Crippen LogP contribution in [0.15, 0.2) is 22.7 Å². The molecule has 0 radical (unpaired) electrons. The van der Waals surface area contributed by atoms with Gasteiger partial charge in [0.25, 0.3) is 0 Å². The normalized spacial score (nSPS) is 21.3. The number of rotatable bonds is 5. The molecule has 1 heterocycles. The summed E-state index contributed by atoms with van der Waals surface area (Å²) in [4.78, 5) is 0. The van der Waals surface area contributed by atoms with Crippen LogP contribution in [0.1, 0.15) is 31.2 Å². The van der Waals surface area contributed by atoms with Gasteiger partial charge in [0.2, 0.25) is 0 Å². The molecule has 2 unspecified atom stereocenters. The summed E-state index contributed by atoms with van der Waals surface area (Å²) >= 11 is 3.24. The molecule has 1 N–H and O–H groups in total. The smallest absolute Gasteiger partial charge is 0.137 e. The number of likely N-dealkylation sites (N-methyl/N-ethyl adjacent to an activating group) is 1. The summed E-state index contributed by atoms with van der Waals surface area (Å²) in [6.07, 6.45) is 5.90. The molecule has 1 fully saturated rings. The molecule has 0 bridgehead atoms. The van der Waals surface area contributed by atoms with E-state index >= 15 is 0 Å². The molecule has 1 saturated heterocycles. The van der Waals surface area contributed by atoms with Gasteiger partial charge >= 0.3 is 0 Å². The van der Waals surface area contributed by atoms with Crippen molar-refractivity contribution in [2.75, 3.05) is 13.7 Å². The number of nitrogens with one attached hydrogen (secondary N) is 1. The molecule has 2 rings (SSSR count). The molecule has 0 saturated carbocycles. The number of ether oxygens (including phenoxy) is 1. The summed E-state index contributed by atoms with van der Waals surface area (Å²) in [6, 6.07) is 5.61. The first kappa shape index (κ1) is 14.9. The molecule has 4 heteroatoms. The molecule has 106 valence electrons. The van der Waals surface area contributed by atoms with Gasteiger partial charge in [-0.1, -0.05) is 6.07 Å². The zero-order valence-electron chi connectivity index (χ0n) is 11.3. The highest BCUT2D eigenvalue weighted by molar-refractivity contribution is 9.10. The number of hydrogen-bond acceptors (Lipinski definition) is 2. The Balaban J connectivity index is 1.92. The van der Waals surface area contributed by atoms with Crippen LogP contribution in [-0.2, 0) is 11.2 Å². The van der Waals surface area contributed by atoms with E-state index in [1.807, 2.05) is 19.2 Å². The van der Waals surface area contributed by atoms with E-state index in [1.54, 1.807) is 0 Å². The quantitative estimate of drug-likeness (QED) is 0.889. The van der Waals surface area contributed by atoms with E-state index in [2.05, 4.69) is 21.2 Å². The summed E-state index contributed by atoms with van der Waals surface area (Å²) in [6.45, 7) is 0.892. The largest absolute Gasteiger partial charge is 0.378 e. The van der Waals surface area contributed by atoms with Crippen molar-refractivity contribution < 1.29 is 9.13 Å². The summed E-state index contributed by atoms with van der Waals surface area (Å²) in [5, 5.41) is 3.34. The van der Waals surface area contributed by atoms with Crippen LogP contribution in [0.5, 0.6) is 0 Å². The second-order valence-electron chi connectivity index (χ2n) is 5.16. The van der Waals surface area contributed by atoms with Crippen LogP contribution in [0.2, 0.25) is 0 Å². The molecule has 0 spiro atoms.